The molecule has 9 heteroatoms. The number of aliphatic hydroxyl groups is 1. The minimum atomic E-state index is -4.95. The molecule has 3 aromatic rings. The first-order valence-electron chi connectivity index (χ1n) is 8.77. The number of halogens is 6. The predicted molar refractivity (Wildman–Crippen MR) is 94.0 cm³/mol. The Balaban J connectivity index is 2.01. The third-order valence-electron chi connectivity index (χ3n) is 4.52. The second-order valence-electron chi connectivity index (χ2n) is 6.94. The number of hydrogen-bond acceptors (Lipinski definition) is 3. The molecule has 2 aromatic carbocycles. The third kappa shape index (κ3) is 4.90. The van der Waals surface area contributed by atoms with E-state index in [0.717, 1.165) is 12.0 Å². The number of oxazole rings is 1. The molecular formula is C20H17F6NO2. The summed E-state index contributed by atoms with van der Waals surface area (Å²) in [5.41, 5.74) is -1.80. The Morgan fingerprint density at radius 1 is 0.966 bits per heavy atom. The largest absolute Gasteiger partial charge is 0.436 e. The lowest BCUT2D eigenvalue weighted by Crippen LogP contribution is -2.11. The van der Waals surface area contributed by atoms with Crippen LogP contribution < -0.4 is 0 Å². The Bertz CT molecular complexity index is 974. The Labute approximate surface area is 162 Å². The van der Waals surface area contributed by atoms with Gasteiger partial charge in [-0.2, -0.15) is 26.3 Å². The van der Waals surface area contributed by atoms with Crippen molar-refractivity contribution in [2.75, 3.05) is 6.61 Å². The monoisotopic (exact) mass is 417 g/mol. The maximum absolute atomic E-state index is 13.1. The summed E-state index contributed by atoms with van der Waals surface area (Å²) in [7, 11) is 0. The second kappa shape index (κ2) is 7.70. The molecule has 0 saturated carbocycles. The molecule has 0 radical (unpaired) electrons. The first-order chi connectivity index (χ1) is 13.5. The van der Waals surface area contributed by atoms with Crippen LogP contribution in [0.2, 0.25) is 0 Å². The van der Waals surface area contributed by atoms with Gasteiger partial charge in [-0.25, -0.2) is 4.98 Å². The summed E-state index contributed by atoms with van der Waals surface area (Å²) in [6.45, 7) is 1.94. The lowest BCUT2D eigenvalue weighted by Gasteiger charge is -2.12. The number of rotatable bonds is 5. The molecule has 3 rings (SSSR count). The number of fused-ring (bicyclic) bond motifs is 1. The van der Waals surface area contributed by atoms with Crippen molar-refractivity contribution < 1.29 is 35.9 Å². The molecule has 1 atom stereocenters. The zero-order chi connectivity index (χ0) is 21.4. The van der Waals surface area contributed by atoms with E-state index in [4.69, 9.17) is 9.52 Å². The summed E-state index contributed by atoms with van der Waals surface area (Å²) in [6.07, 6.45) is -8.53. The maximum Gasteiger partial charge on any atom is 0.416 e. The van der Waals surface area contributed by atoms with Crippen molar-refractivity contribution in [3.8, 4) is 11.5 Å². The number of aromatic nitrogens is 1. The van der Waals surface area contributed by atoms with Crippen molar-refractivity contribution >= 4 is 11.1 Å². The van der Waals surface area contributed by atoms with Crippen LogP contribution in [-0.4, -0.2) is 16.7 Å². The fourth-order valence-electron chi connectivity index (χ4n) is 2.83. The fraction of sp³-hybridized carbons (Fsp3) is 0.350. The summed E-state index contributed by atoms with van der Waals surface area (Å²) in [4.78, 5) is 4.09. The molecule has 3 nitrogen and oxygen atoms in total. The van der Waals surface area contributed by atoms with Gasteiger partial charge in [0, 0.05) is 12.2 Å². The molecule has 0 amide bonds. The first kappa shape index (κ1) is 21.2. The van der Waals surface area contributed by atoms with E-state index < -0.39 is 29.0 Å². The summed E-state index contributed by atoms with van der Waals surface area (Å²) in [6, 6.07) is 6.22. The van der Waals surface area contributed by atoms with Crippen LogP contribution in [0.1, 0.15) is 30.0 Å². The van der Waals surface area contributed by atoms with Crippen LogP contribution in [0.25, 0.3) is 22.6 Å². The number of aliphatic hydroxyl groups excluding tert-OH is 1. The smallest absolute Gasteiger partial charge is 0.416 e. The quantitative estimate of drug-likeness (QED) is 0.511. The molecule has 1 N–H and O–H groups in total. The predicted octanol–water partition coefficient (Wildman–Crippen LogP) is 6.09. The first-order valence-corrected chi connectivity index (χ1v) is 8.77. The number of aryl methyl sites for hydroxylation is 1. The molecule has 0 fully saturated rings. The summed E-state index contributed by atoms with van der Waals surface area (Å²) in [5.74, 6) is -0.220. The zero-order valence-corrected chi connectivity index (χ0v) is 15.2. The Hall–Kier alpha value is -2.55. The van der Waals surface area contributed by atoms with Gasteiger partial charge in [0.15, 0.2) is 5.58 Å². The maximum atomic E-state index is 13.1. The second-order valence-corrected chi connectivity index (χ2v) is 6.94. The number of benzene rings is 2. The topological polar surface area (TPSA) is 46.3 Å². The Morgan fingerprint density at radius 2 is 1.59 bits per heavy atom. The molecule has 1 aromatic heterocycles. The van der Waals surface area contributed by atoms with E-state index >= 15 is 0 Å². The number of alkyl halides is 6. The number of nitrogens with zero attached hydrogens (tertiary/aromatic N) is 1. The van der Waals surface area contributed by atoms with E-state index in [0.29, 0.717) is 24.1 Å². The molecule has 0 spiro atoms. The van der Waals surface area contributed by atoms with Crippen molar-refractivity contribution in [1.82, 2.24) is 4.98 Å². The summed E-state index contributed by atoms with van der Waals surface area (Å²) >= 11 is 0. The standard InChI is InChI=1S/C20H17F6NO2/c1-11(10-28)2-3-12-4-5-17-16(6-12)27-18(29-17)13-7-14(19(21,22)23)9-15(8-13)20(24,25)26/h4-9,11,28H,2-3,10H2,1H3. The highest BCUT2D eigenvalue weighted by Crippen LogP contribution is 2.39. The molecule has 0 saturated heterocycles. The average molecular weight is 417 g/mol. The van der Waals surface area contributed by atoms with E-state index in [-0.39, 0.29) is 30.1 Å². The van der Waals surface area contributed by atoms with Crippen molar-refractivity contribution in [2.45, 2.75) is 32.1 Å². The summed E-state index contributed by atoms with van der Waals surface area (Å²) in [5, 5.41) is 9.09. The molecular weight excluding hydrogens is 400 g/mol. The van der Waals surface area contributed by atoms with Crippen LogP contribution in [0.15, 0.2) is 40.8 Å². The molecule has 1 unspecified atom stereocenters. The Kier molecular flexibility index (Phi) is 5.62. The van der Waals surface area contributed by atoms with E-state index in [1.165, 1.54) is 0 Å². The van der Waals surface area contributed by atoms with Crippen molar-refractivity contribution in [3.63, 3.8) is 0 Å². The minimum absolute atomic E-state index is 0.0490. The van der Waals surface area contributed by atoms with Crippen LogP contribution in [0, 0.1) is 5.92 Å². The highest BCUT2D eigenvalue weighted by Gasteiger charge is 2.37. The SMILES string of the molecule is CC(CO)CCc1ccc2oc(-c3cc(C(F)(F)F)cc(C(F)(F)F)c3)nc2c1. The van der Waals surface area contributed by atoms with Crippen LogP contribution in [0.3, 0.4) is 0 Å². The van der Waals surface area contributed by atoms with Crippen molar-refractivity contribution in [1.29, 1.82) is 0 Å². The van der Waals surface area contributed by atoms with Gasteiger partial charge in [-0.05, 0) is 54.7 Å². The van der Waals surface area contributed by atoms with Gasteiger partial charge >= 0.3 is 12.4 Å². The van der Waals surface area contributed by atoms with Gasteiger partial charge in [-0.1, -0.05) is 13.0 Å². The number of hydrogen-bond donors (Lipinski definition) is 1. The average Bonchev–Trinajstić information content (AvgIpc) is 3.07. The molecule has 0 aliphatic rings. The zero-order valence-electron chi connectivity index (χ0n) is 15.2. The fourth-order valence-corrected chi connectivity index (χ4v) is 2.83. The highest BCUT2D eigenvalue weighted by atomic mass is 19.4. The lowest BCUT2D eigenvalue weighted by atomic mass is 10.0. The van der Waals surface area contributed by atoms with Gasteiger partial charge in [0.1, 0.15) is 5.52 Å². The van der Waals surface area contributed by atoms with Gasteiger partial charge < -0.3 is 9.52 Å². The molecule has 156 valence electrons. The van der Waals surface area contributed by atoms with E-state index in [1.807, 2.05) is 6.92 Å². The van der Waals surface area contributed by atoms with Crippen LogP contribution in [0.5, 0.6) is 0 Å². The lowest BCUT2D eigenvalue weighted by molar-refractivity contribution is -0.143. The van der Waals surface area contributed by atoms with Crippen LogP contribution in [0.4, 0.5) is 26.3 Å². The van der Waals surface area contributed by atoms with E-state index in [2.05, 4.69) is 4.98 Å². The van der Waals surface area contributed by atoms with Crippen LogP contribution in [-0.2, 0) is 18.8 Å². The van der Waals surface area contributed by atoms with Crippen molar-refractivity contribution in [3.05, 3.63) is 53.1 Å². The van der Waals surface area contributed by atoms with Gasteiger partial charge in [0.25, 0.3) is 0 Å². The van der Waals surface area contributed by atoms with Gasteiger partial charge in [0.05, 0.1) is 11.1 Å². The van der Waals surface area contributed by atoms with Crippen LogP contribution >= 0.6 is 0 Å². The summed E-state index contributed by atoms with van der Waals surface area (Å²) < 4.78 is 83.7. The van der Waals surface area contributed by atoms with E-state index in [9.17, 15) is 26.3 Å². The normalized spacial score (nSPS) is 13.8. The molecule has 0 bridgehead atoms. The third-order valence-corrected chi connectivity index (χ3v) is 4.52. The molecule has 0 aliphatic carbocycles. The molecule has 29 heavy (non-hydrogen) atoms. The van der Waals surface area contributed by atoms with E-state index in [1.54, 1.807) is 18.2 Å². The van der Waals surface area contributed by atoms with Gasteiger partial charge in [-0.15, -0.1) is 0 Å². The minimum Gasteiger partial charge on any atom is -0.436 e. The van der Waals surface area contributed by atoms with Gasteiger partial charge in [-0.3, -0.25) is 0 Å². The molecule has 0 aliphatic heterocycles. The molecule has 1 heterocycles. The van der Waals surface area contributed by atoms with Gasteiger partial charge in [0.2, 0.25) is 5.89 Å². The van der Waals surface area contributed by atoms with Crippen molar-refractivity contribution in [2.24, 2.45) is 5.92 Å². The Morgan fingerprint density at radius 3 is 2.14 bits per heavy atom. The highest BCUT2D eigenvalue weighted by molar-refractivity contribution is 5.77.